The van der Waals surface area contributed by atoms with Gasteiger partial charge in [0.1, 0.15) is 5.75 Å². The summed E-state index contributed by atoms with van der Waals surface area (Å²) in [7, 11) is 0. The lowest BCUT2D eigenvalue weighted by Crippen LogP contribution is -2.08. The van der Waals surface area contributed by atoms with E-state index in [0.29, 0.717) is 23.1 Å². The van der Waals surface area contributed by atoms with Crippen molar-refractivity contribution in [1.82, 2.24) is 0 Å². The van der Waals surface area contributed by atoms with Gasteiger partial charge in [-0.05, 0) is 47.2 Å². The standard InChI is InChI=1S/C19H22O2/c1-13(2)15-5-7-17(8-6-15)19(20)21-18-11-9-16(10-12-18)14(3)4/h5-14H,1-4H3. The number of hydrogen-bond acceptors (Lipinski definition) is 2. The van der Waals surface area contributed by atoms with Crippen LogP contribution in [0.3, 0.4) is 0 Å². The normalized spacial score (nSPS) is 11.0. The Balaban J connectivity index is 2.06. The zero-order valence-electron chi connectivity index (χ0n) is 13.1. The predicted octanol–water partition coefficient (Wildman–Crippen LogP) is 5.15. The molecule has 0 saturated carbocycles. The molecule has 2 nitrogen and oxygen atoms in total. The lowest BCUT2D eigenvalue weighted by molar-refractivity contribution is 0.0734. The Hall–Kier alpha value is -2.09. The van der Waals surface area contributed by atoms with E-state index in [4.69, 9.17) is 4.74 Å². The summed E-state index contributed by atoms with van der Waals surface area (Å²) in [6.07, 6.45) is 0. The zero-order chi connectivity index (χ0) is 15.4. The minimum absolute atomic E-state index is 0.317. The largest absolute Gasteiger partial charge is 0.423 e. The van der Waals surface area contributed by atoms with Crippen molar-refractivity contribution in [2.75, 3.05) is 0 Å². The summed E-state index contributed by atoms with van der Waals surface area (Å²) in [6.45, 7) is 8.53. The number of carbonyl (C=O) groups excluding carboxylic acids is 1. The van der Waals surface area contributed by atoms with E-state index >= 15 is 0 Å². The Bertz CT molecular complexity index is 592. The molecule has 0 heterocycles. The van der Waals surface area contributed by atoms with Crippen LogP contribution in [0, 0.1) is 0 Å². The van der Waals surface area contributed by atoms with Crippen LogP contribution in [0.1, 0.15) is 61.0 Å². The SMILES string of the molecule is CC(C)c1ccc(OC(=O)c2ccc(C(C)C)cc2)cc1. The van der Waals surface area contributed by atoms with E-state index < -0.39 is 0 Å². The first kappa shape index (κ1) is 15.3. The molecule has 0 fully saturated rings. The van der Waals surface area contributed by atoms with Crippen LogP contribution in [0.4, 0.5) is 0 Å². The molecule has 2 rings (SSSR count). The smallest absolute Gasteiger partial charge is 0.343 e. The molecule has 0 bridgehead atoms. The summed E-state index contributed by atoms with van der Waals surface area (Å²) in [4.78, 5) is 12.1. The lowest BCUT2D eigenvalue weighted by Gasteiger charge is -2.09. The van der Waals surface area contributed by atoms with Gasteiger partial charge in [0.2, 0.25) is 0 Å². The van der Waals surface area contributed by atoms with Gasteiger partial charge in [-0.15, -0.1) is 0 Å². The molecule has 21 heavy (non-hydrogen) atoms. The van der Waals surface area contributed by atoms with Crippen LogP contribution in [0.25, 0.3) is 0 Å². The van der Waals surface area contributed by atoms with Crippen LogP contribution in [0.5, 0.6) is 5.75 Å². The average molecular weight is 282 g/mol. The highest BCUT2D eigenvalue weighted by Gasteiger charge is 2.09. The molecule has 2 aromatic carbocycles. The maximum absolute atomic E-state index is 12.1. The van der Waals surface area contributed by atoms with Gasteiger partial charge in [-0.25, -0.2) is 4.79 Å². The first-order valence-electron chi connectivity index (χ1n) is 7.39. The fourth-order valence-corrected chi connectivity index (χ4v) is 2.09. The van der Waals surface area contributed by atoms with Crippen LogP contribution in [0.2, 0.25) is 0 Å². The molecule has 0 saturated heterocycles. The fraction of sp³-hybridized carbons (Fsp3) is 0.316. The van der Waals surface area contributed by atoms with Crippen LogP contribution < -0.4 is 4.74 Å². The van der Waals surface area contributed by atoms with E-state index in [0.717, 1.165) is 0 Å². The van der Waals surface area contributed by atoms with E-state index in [-0.39, 0.29) is 5.97 Å². The van der Waals surface area contributed by atoms with E-state index in [1.54, 1.807) is 0 Å². The van der Waals surface area contributed by atoms with Crippen molar-refractivity contribution < 1.29 is 9.53 Å². The van der Waals surface area contributed by atoms with Gasteiger partial charge < -0.3 is 4.74 Å². The number of esters is 1. The second-order valence-electron chi connectivity index (χ2n) is 5.89. The third-order valence-electron chi connectivity index (χ3n) is 3.57. The summed E-state index contributed by atoms with van der Waals surface area (Å²) in [6, 6.07) is 15.3. The summed E-state index contributed by atoms with van der Waals surface area (Å²) in [5.74, 6) is 1.19. The highest BCUT2D eigenvalue weighted by Crippen LogP contribution is 2.20. The second-order valence-corrected chi connectivity index (χ2v) is 5.89. The molecule has 0 unspecified atom stereocenters. The Morgan fingerprint density at radius 2 is 1.19 bits per heavy atom. The fourth-order valence-electron chi connectivity index (χ4n) is 2.09. The summed E-state index contributed by atoms with van der Waals surface area (Å²) in [5, 5.41) is 0. The maximum Gasteiger partial charge on any atom is 0.343 e. The van der Waals surface area contributed by atoms with Gasteiger partial charge in [0, 0.05) is 0 Å². The molecular weight excluding hydrogens is 260 g/mol. The Morgan fingerprint density at radius 1 is 0.762 bits per heavy atom. The predicted molar refractivity (Wildman–Crippen MR) is 86.0 cm³/mol. The van der Waals surface area contributed by atoms with Gasteiger partial charge in [-0.3, -0.25) is 0 Å². The monoisotopic (exact) mass is 282 g/mol. The van der Waals surface area contributed by atoms with Crippen LogP contribution in [-0.4, -0.2) is 5.97 Å². The summed E-state index contributed by atoms with van der Waals surface area (Å²) >= 11 is 0. The van der Waals surface area contributed by atoms with Gasteiger partial charge in [0.25, 0.3) is 0 Å². The Kier molecular flexibility index (Phi) is 4.79. The van der Waals surface area contributed by atoms with Gasteiger partial charge in [-0.1, -0.05) is 52.0 Å². The first-order valence-corrected chi connectivity index (χ1v) is 7.39. The molecule has 0 aliphatic rings. The van der Waals surface area contributed by atoms with E-state index in [1.807, 2.05) is 48.5 Å². The van der Waals surface area contributed by atoms with Crippen molar-refractivity contribution in [3.63, 3.8) is 0 Å². The van der Waals surface area contributed by atoms with Gasteiger partial charge in [0.15, 0.2) is 0 Å². The number of carbonyl (C=O) groups is 1. The molecule has 0 aliphatic carbocycles. The number of benzene rings is 2. The highest BCUT2D eigenvalue weighted by atomic mass is 16.5. The topological polar surface area (TPSA) is 26.3 Å². The quantitative estimate of drug-likeness (QED) is 0.572. The van der Waals surface area contributed by atoms with Crippen molar-refractivity contribution in [2.24, 2.45) is 0 Å². The van der Waals surface area contributed by atoms with Crippen molar-refractivity contribution in [3.8, 4) is 5.75 Å². The van der Waals surface area contributed by atoms with Crippen LogP contribution in [0.15, 0.2) is 48.5 Å². The Morgan fingerprint density at radius 3 is 1.62 bits per heavy atom. The maximum atomic E-state index is 12.1. The van der Waals surface area contributed by atoms with Crippen molar-refractivity contribution in [1.29, 1.82) is 0 Å². The number of hydrogen-bond donors (Lipinski definition) is 0. The molecular formula is C19H22O2. The average Bonchev–Trinajstić information content (AvgIpc) is 2.47. The van der Waals surface area contributed by atoms with Crippen molar-refractivity contribution >= 4 is 5.97 Å². The minimum atomic E-state index is -0.317. The highest BCUT2D eigenvalue weighted by molar-refractivity contribution is 5.91. The first-order chi connectivity index (χ1) is 9.97. The molecule has 2 heteroatoms. The van der Waals surface area contributed by atoms with E-state index in [1.165, 1.54) is 11.1 Å². The Labute approximate surface area is 126 Å². The van der Waals surface area contributed by atoms with Crippen molar-refractivity contribution in [3.05, 3.63) is 65.2 Å². The second kappa shape index (κ2) is 6.57. The number of ether oxygens (including phenoxy) is 1. The van der Waals surface area contributed by atoms with Crippen molar-refractivity contribution in [2.45, 2.75) is 39.5 Å². The molecule has 0 aliphatic heterocycles. The molecule has 0 atom stereocenters. The molecule has 0 radical (unpaired) electrons. The van der Waals surface area contributed by atoms with Gasteiger partial charge in [-0.2, -0.15) is 0 Å². The zero-order valence-corrected chi connectivity index (χ0v) is 13.1. The number of rotatable bonds is 4. The van der Waals surface area contributed by atoms with E-state index in [9.17, 15) is 4.79 Å². The van der Waals surface area contributed by atoms with Gasteiger partial charge in [0.05, 0.1) is 5.56 Å². The van der Waals surface area contributed by atoms with Crippen LogP contribution >= 0.6 is 0 Å². The molecule has 0 aromatic heterocycles. The third-order valence-corrected chi connectivity index (χ3v) is 3.57. The van der Waals surface area contributed by atoms with E-state index in [2.05, 4.69) is 27.7 Å². The molecule has 2 aromatic rings. The van der Waals surface area contributed by atoms with Crippen LogP contribution in [-0.2, 0) is 0 Å². The summed E-state index contributed by atoms with van der Waals surface area (Å²) < 4.78 is 5.40. The molecule has 0 N–H and O–H groups in total. The lowest BCUT2D eigenvalue weighted by atomic mass is 10.0. The van der Waals surface area contributed by atoms with Gasteiger partial charge >= 0.3 is 5.97 Å². The molecule has 0 spiro atoms. The third kappa shape index (κ3) is 3.94. The minimum Gasteiger partial charge on any atom is -0.423 e. The summed E-state index contributed by atoms with van der Waals surface area (Å²) in [5.41, 5.74) is 3.02. The molecule has 0 amide bonds. The molecule has 110 valence electrons.